The highest BCUT2D eigenvalue weighted by Crippen LogP contribution is 2.38. The van der Waals surface area contributed by atoms with Crippen LogP contribution in [0.15, 0.2) is 11.4 Å². The van der Waals surface area contributed by atoms with Crippen LogP contribution in [0.25, 0.3) is 0 Å². The molecule has 0 radical (unpaired) electrons. The average Bonchev–Trinajstić information content (AvgIpc) is 2.85. The average molecular weight is 293 g/mol. The molecule has 0 aromatic carbocycles. The summed E-state index contributed by atoms with van der Waals surface area (Å²) in [5.41, 5.74) is 1.52. The van der Waals surface area contributed by atoms with E-state index in [1.165, 1.54) is 18.4 Å². The third-order valence-corrected chi connectivity index (χ3v) is 6.49. The molecular weight excluding hydrogens is 266 g/mol. The number of fused-ring (bicyclic) bond motifs is 1. The number of thiophene rings is 1. The Hall–Kier alpha value is -0.380. The zero-order valence-corrected chi connectivity index (χ0v) is 13.7. The molecule has 1 aromatic rings. The molecule has 2 nitrogen and oxygen atoms in total. The minimum atomic E-state index is -0.107. The van der Waals surface area contributed by atoms with Crippen molar-refractivity contribution in [3.05, 3.63) is 21.9 Å². The van der Waals surface area contributed by atoms with Gasteiger partial charge in [0.05, 0.1) is 6.10 Å². The summed E-state index contributed by atoms with van der Waals surface area (Å²) in [5.74, 6) is 1.78. The van der Waals surface area contributed by atoms with E-state index in [4.69, 9.17) is 0 Å². The highest BCUT2D eigenvalue weighted by Gasteiger charge is 2.36. The molecular formula is C17H27NOS. The minimum absolute atomic E-state index is 0.107. The van der Waals surface area contributed by atoms with Crippen LogP contribution in [0.2, 0.25) is 0 Å². The maximum Gasteiger partial charge on any atom is 0.0585 e. The summed E-state index contributed by atoms with van der Waals surface area (Å²) in [6, 6.07) is 2.81. The number of hydrogen-bond donors (Lipinski definition) is 1. The van der Waals surface area contributed by atoms with Crippen molar-refractivity contribution < 1.29 is 5.11 Å². The number of aliphatic hydroxyl groups is 1. The molecule has 1 aromatic heterocycles. The molecule has 1 saturated carbocycles. The molecule has 2 aliphatic rings. The summed E-state index contributed by atoms with van der Waals surface area (Å²) in [6.07, 6.45) is 3.34. The van der Waals surface area contributed by atoms with Gasteiger partial charge in [0.1, 0.15) is 0 Å². The van der Waals surface area contributed by atoms with E-state index < -0.39 is 0 Å². The van der Waals surface area contributed by atoms with E-state index in [2.05, 4.69) is 37.1 Å². The molecule has 1 fully saturated rings. The normalized spacial score (nSPS) is 38.7. The summed E-state index contributed by atoms with van der Waals surface area (Å²) >= 11 is 1.90. The first-order valence-electron chi connectivity index (χ1n) is 8.04. The van der Waals surface area contributed by atoms with Gasteiger partial charge in [-0.3, -0.25) is 4.90 Å². The van der Waals surface area contributed by atoms with Gasteiger partial charge in [-0.05, 0) is 55.0 Å². The van der Waals surface area contributed by atoms with Crippen LogP contribution < -0.4 is 0 Å². The molecule has 3 rings (SSSR count). The van der Waals surface area contributed by atoms with Crippen molar-refractivity contribution in [1.29, 1.82) is 0 Å². The second kappa shape index (κ2) is 5.78. The van der Waals surface area contributed by atoms with Crippen molar-refractivity contribution >= 4 is 11.3 Å². The summed E-state index contributed by atoms with van der Waals surface area (Å²) < 4.78 is 0. The number of rotatable bonds is 2. The van der Waals surface area contributed by atoms with E-state index in [1.807, 2.05) is 11.3 Å². The fourth-order valence-corrected chi connectivity index (χ4v) is 5.22. The Morgan fingerprint density at radius 1 is 1.30 bits per heavy atom. The Bertz CT molecular complexity index is 446. The van der Waals surface area contributed by atoms with E-state index >= 15 is 0 Å². The molecule has 0 saturated heterocycles. The van der Waals surface area contributed by atoms with Gasteiger partial charge >= 0.3 is 0 Å². The molecule has 2 heterocycles. The lowest BCUT2D eigenvalue weighted by atomic mass is 9.73. The summed E-state index contributed by atoms with van der Waals surface area (Å²) in [4.78, 5) is 4.16. The molecule has 0 spiro atoms. The van der Waals surface area contributed by atoms with Crippen LogP contribution in [0.5, 0.6) is 0 Å². The van der Waals surface area contributed by atoms with Crippen LogP contribution in [0.3, 0.4) is 0 Å². The second-order valence-corrected chi connectivity index (χ2v) is 8.01. The van der Waals surface area contributed by atoms with Gasteiger partial charge in [0.15, 0.2) is 0 Å². The lowest BCUT2D eigenvalue weighted by Gasteiger charge is -2.42. The SMILES string of the molecule is CC1CC(C)C(CN2CCc3sccc3C2C)C(O)C1. The lowest BCUT2D eigenvalue weighted by Crippen LogP contribution is -2.45. The molecule has 0 bridgehead atoms. The van der Waals surface area contributed by atoms with Crippen molar-refractivity contribution in [2.24, 2.45) is 17.8 Å². The highest BCUT2D eigenvalue weighted by molar-refractivity contribution is 7.10. The molecule has 1 aliphatic carbocycles. The van der Waals surface area contributed by atoms with Gasteiger partial charge in [-0.2, -0.15) is 0 Å². The van der Waals surface area contributed by atoms with E-state index in [0.717, 1.165) is 19.5 Å². The van der Waals surface area contributed by atoms with E-state index in [1.54, 1.807) is 4.88 Å². The monoisotopic (exact) mass is 293 g/mol. The molecule has 5 atom stereocenters. The predicted octanol–water partition coefficient (Wildman–Crippen LogP) is 3.71. The number of hydrogen-bond acceptors (Lipinski definition) is 3. The Balaban J connectivity index is 1.69. The van der Waals surface area contributed by atoms with Crippen LogP contribution in [-0.4, -0.2) is 29.2 Å². The van der Waals surface area contributed by atoms with Crippen LogP contribution in [0.1, 0.15) is 50.1 Å². The Morgan fingerprint density at radius 3 is 2.85 bits per heavy atom. The molecule has 112 valence electrons. The van der Waals surface area contributed by atoms with Crippen LogP contribution in [0.4, 0.5) is 0 Å². The summed E-state index contributed by atoms with van der Waals surface area (Å²) in [7, 11) is 0. The zero-order valence-electron chi connectivity index (χ0n) is 12.9. The quantitative estimate of drug-likeness (QED) is 0.898. The van der Waals surface area contributed by atoms with E-state index in [0.29, 0.717) is 23.8 Å². The van der Waals surface area contributed by atoms with Gasteiger partial charge in [0.25, 0.3) is 0 Å². The van der Waals surface area contributed by atoms with Gasteiger partial charge in [0, 0.05) is 29.9 Å². The maximum absolute atomic E-state index is 10.5. The topological polar surface area (TPSA) is 23.5 Å². The zero-order chi connectivity index (χ0) is 14.3. The van der Waals surface area contributed by atoms with Crippen molar-refractivity contribution in [3.8, 4) is 0 Å². The molecule has 1 aliphatic heterocycles. The first kappa shape index (κ1) is 14.6. The number of aliphatic hydroxyl groups excluding tert-OH is 1. The van der Waals surface area contributed by atoms with Crippen LogP contribution in [0, 0.1) is 17.8 Å². The molecule has 5 unspecified atom stereocenters. The largest absolute Gasteiger partial charge is 0.393 e. The van der Waals surface area contributed by atoms with Crippen LogP contribution >= 0.6 is 11.3 Å². The van der Waals surface area contributed by atoms with Crippen molar-refractivity contribution in [2.45, 2.75) is 52.2 Å². The first-order chi connectivity index (χ1) is 9.56. The smallest absolute Gasteiger partial charge is 0.0585 e. The molecule has 1 N–H and O–H groups in total. The Morgan fingerprint density at radius 2 is 2.10 bits per heavy atom. The fourth-order valence-electron chi connectivity index (χ4n) is 4.26. The van der Waals surface area contributed by atoms with Crippen molar-refractivity contribution in [2.75, 3.05) is 13.1 Å². The molecule has 3 heteroatoms. The van der Waals surface area contributed by atoms with Crippen molar-refractivity contribution in [3.63, 3.8) is 0 Å². The highest BCUT2D eigenvalue weighted by atomic mass is 32.1. The molecule has 20 heavy (non-hydrogen) atoms. The van der Waals surface area contributed by atoms with Gasteiger partial charge in [-0.25, -0.2) is 0 Å². The fraction of sp³-hybridized carbons (Fsp3) is 0.765. The van der Waals surface area contributed by atoms with Gasteiger partial charge in [-0.1, -0.05) is 13.8 Å². The standard InChI is InChI=1S/C17H27NOS/c1-11-8-12(2)15(16(19)9-11)10-18-6-4-17-14(13(18)3)5-7-20-17/h5,7,11-13,15-16,19H,4,6,8-10H2,1-3H3. The first-order valence-corrected chi connectivity index (χ1v) is 8.92. The minimum Gasteiger partial charge on any atom is -0.393 e. The molecule has 0 amide bonds. The Labute approximate surface area is 126 Å². The lowest BCUT2D eigenvalue weighted by molar-refractivity contribution is -0.00917. The van der Waals surface area contributed by atoms with Crippen molar-refractivity contribution in [1.82, 2.24) is 4.90 Å². The summed E-state index contributed by atoms with van der Waals surface area (Å²) in [6.45, 7) is 9.14. The maximum atomic E-state index is 10.5. The summed E-state index contributed by atoms with van der Waals surface area (Å²) in [5, 5.41) is 12.7. The third kappa shape index (κ3) is 2.68. The third-order valence-electron chi connectivity index (χ3n) is 5.49. The predicted molar refractivity (Wildman–Crippen MR) is 85.1 cm³/mol. The van der Waals surface area contributed by atoms with Gasteiger partial charge < -0.3 is 5.11 Å². The number of nitrogens with zero attached hydrogens (tertiary/aromatic N) is 1. The second-order valence-electron chi connectivity index (χ2n) is 7.01. The Kier molecular flexibility index (Phi) is 4.21. The van der Waals surface area contributed by atoms with Crippen LogP contribution in [-0.2, 0) is 6.42 Å². The van der Waals surface area contributed by atoms with E-state index in [-0.39, 0.29) is 6.10 Å². The van der Waals surface area contributed by atoms with Gasteiger partial charge in [-0.15, -0.1) is 11.3 Å². The van der Waals surface area contributed by atoms with E-state index in [9.17, 15) is 5.11 Å². The van der Waals surface area contributed by atoms with Gasteiger partial charge in [0.2, 0.25) is 0 Å².